The summed E-state index contributed by atoms with van der Waals surface area (Å²) in [6.45, 7) is 4.80. The van der Waals surface area contributed by atoms with Crippen LogP contribution in [0.3, 0.4) is 0 Å². The Morgan fingerprint density at radius 2 is 2.19 bits per heavy atom. The second kappa shape index (κ2) is 7.92. The van der Waals surface area contributed by atoms with E-state index in [1.165, 1.54) is 0 Å². The number of nitrogens with one attached hydrogen (secondary N) is 1. The summed E-state index contributed by atoms with van der Waals surface area (Å²) in [4.78, 5) is 16.0. The van der Waals surface area contributed by atoms with Gasteiger partial charge in [-0.15, -0.1) is 0 Å². The molecule has 0 aliphatic carbocycles. The highest BCUT2D eigenvalue weighted by atomic mass is 32.2. The second-order valence-corrected chi connectivity index (χ2v) is 5.45. The molecule has 0 aromatic rings. The number of carbonyl (C=O) groups excluding carboxylic acids is 1. The molecule has 4 nitrogen and oxygen atoms in total. The zero-order valence-corrected chi connectivity index (χ0v) is 11.2. The highest BCUT2D eigenvalue weighted by molar-refractivity contribution is 7.99. The van der Waals surface area contributed by atoms with Gasteiger partial charge >= 0.3 is 0 Å². The SMILES string of the molecule is CN(C)CCSCC(=O)N1CCCNCC1. The molecule has 1 amide bonds. The van der Waals surface area contributed by atoms with Gasteiger partial charge in [0.15, 0.2) is 0 Å². The number of rotatable bonds is 5. The van der Waals surface area contributed by atoms with Gasteiger partial charge in [0.2, 0.25) is 5.91 Å². The molecule has 0 unspecified atom stereocenters. The van der Waals surface area contributed by atoms with Crippen molar-refractivity contribution in [2.75, 3.05) is 58.3 Å². The molecule has 1 rings (SSSR count). The topological polar surface area (TPSA) is 35.6 Å². The fraction of sp³-hybridized carbons (Fsp3) is 0.909. The number of hydrogen-bond acceptors (Lipinski definition) is 4. The van der Waals surface area contributed by atoms with Crippen LogP contribution in [-0.2, 0) is 4.79 Å². The predicted molar refractivity (Wildman–Crippen MR) is 69.9 cm³/mol. The van der Waals surface area contributed by atoms with Crippen LogP contribution >= 0.6 is 11.8 Å². The quantitative estimate of drug-likeness (QED) is 0.697. The van der Waals surface area contributed by atoms with E-state index in [0.717, 1.165) is 44.9 Å². The monoisotopic (exact) mass is 245 g/mol. The number of hydrogen-bond donors (Lipinski definition) is 1. The van der Waals surface area contributed by atoms with Crippen LogP contribution in [0.2, 0.25) is 0 Å². The lowest BCUT2D eigenvalue weighted by Crippen LogP contribution is -2.35. The summed E-state index contributed by atoms with van der Waals surface area (Å²) in [5.74, 6) is 1.96. The Bertz CT molecular complexity index is 203. The molecule has 0 bridgehead atoms. The molecule has 1 saturated heterocycles. The number of nitrogens with zero attached hydrogens (tertiary/aromatic N) is 2. The highest BCUT2D eigenvalue weighted by Crippen LogP contribution is 2.04. The van der Waals surface area contributed by atoms with Gasteiger partial charge in [-0.05, 0) is 27.1 Å². The van der Waals surface area contributed by atoms with Crippen molar-refractivity contribution in [2.24, 2.45) is 0 Å². The summed E-state index contributed by atoms with van der Waals surface area (Å²) in [6.07, 6.45) is 1.08. The fourth-order valence-corrected chi connectivity index (χ4v) is 2.59. The normalized spacial score (nSPS) is 17.6. The van der Waals surface area contributed by atoms with Crippen molar-refractivity contribution in [1.29, 1.82) is 0 Å². The van der Waals surface area contributed by atoms with Crippen LogP contribution in [0.4, 0.5) is 0 Å². The van der Waals surface area contributed by atoms with Crippen molar-refractivity contribution in [3.63, 3.8) is 0 Å². The molecule has 0 aromatic heterocycles. The molecule has 94 valence electrons. The minimum absolute atomic E-state index is 0.299. The van der Waals surface area contributed by atoms with E-state index in [-0.39, 0.29) is 0 Å². The van der Waals surface area contributed by atoms with E-state index in [9.17, 15) is 4.79 Å². The summed E-state index contributed by atoms with van der Waals surface area (Å²) in [5, 5.41) is 3.31. The lowest BCUT2D eigenvalue weighted by molar-refractivity contribution is -0.128. The Balaban J connectivity index is 2.13. The standard InChI is InChI=1S/C11H23N3OS/c1-13(2)8-9-16-10-11(15)14-6-3-4-12-5-7-14/h12H,3-10H2,1-2H3. The van der Waals surface area contributed by atoms with Crippen LogP contribution in [0.5, 0.6) is 0 Å². The molecule has 5 heteroatoms. The summed E-state index contributed by atoms with van der Waals surface area (Å²) in [6, 6.07) is 0. The molecular weight excluding hydrogens is 222 g/mol. The lowest BCUT2D eigenvalue weighted by atomic mass is 10.4. The first-order chi connectivity index (χ1) is 7.70. The Morgan fingerprint density at radius 1 is 1.38 bits per heavy atom. The van der Waals surface area contributed by atoms with Gasteiger partial charge in [0.25, 0.3) is 0 Å². The minimum Gasteiger partial charge on any atom is -0.341 e. The maximum Gasteiger partial charge on any atom is 0.232 e. The average molecular weight is 245 g/mol. The highest BCUT2D eigenvalue weighted by Gasteiger charge is 2.14. The van der Waals surface area contributed by atoms with Crippen LogP contribution in [0, 0.1) is 0 Å². The maximum atomic E-state index is 11.9. The van der Waals surface area contributed by atoms with Gasteiger partial charge in [-0.25, -0.2) is 0 Å². The molecule has 1 aliphatic rings. The molecule has 1 N–H and O–H groups in total. The summed E-state index contributed by atoms with van der Waals surface area (Å²) in [7, 11) is 4.12. The van der Waals surface area contributed by atoms with Crippen molar-refractivity contribution in [1.82, 2.24) is 15.1 Å². The molecule has 1 heterocycles. The van der Waals surface area contributed by atoms with E-state index in [1.54, 1.807) is 11.8 Å². The van der Waals surface area contributed by atoms with Crippen LogP contribution in [0.15, 0.2) is 0 Å². The van der Waals surface area contributed by atoms with E-state index >= 15 is 0 Å². The molecule has 1 aliphatic heterocycles. The van der Waals surface area contributed by atoms with Crippen molar-refractivity contribution in [3.8, 4) is 0 Å². The van der Waals surface area contributed by atoms with Crippen molar-refractivity contribution < 1.29 is 4.79 Å². The first-order valence-electron chi connectivity index (χ1n) is 5.91. The first-order valence-corrected chi connectivity index (χ1v) is 7.06. The first kappa shape index (κ1) is 13.8. The summed E-state index contributed by atoms with van der Waals surface area (Å²) < 4.78 is 0. The van der Waals surface area contributed by atoms with E-state index in [4.69, 9.17) is 0 Å². The van der Waals surface area contributed by atoms with Gasteiger partial charge in [0, 0.05) is 31.9 Å². The van der Waals surface area contributed by atoms with Gasteiger partial charge in [-0.1, -0.05) is 0 Å². The Labute approximate surface area is 103 Å². The molecule has 0 aromatic carbocycles. The summed E-state index contributed by atoms with van der Waals surface area (Å²) in [5.41, 5.74) is 0. The van der Waals surface area contributed by atoms with Gasteiger partial charge < -0.3 is 15.1 Å². The van der Waals surface area contributed by atoms with E-state index in [1.807, 2.05) is 4.90 Å². The summed E-state index contributed by atoms with van der Waals surface area (Å²) >= 11 is 1.74. The van der Waals surface area contributed by atoms with E-state index in [0.29, 0.717) is 11.7 Å². The fourth-order valence-electron chi connectivity index (χ4n) is 1.59. The molecular formula is C11H23N3OS. The second-order valence-electron chi connectivity index (χ2n) is 4.34. The molecule has 0 spiro atoms. The average Bonchev–Trinajstić information content (AvgIpc) is 2.52. The number of amides is 1. The zero-order valence-electron chi connectivity index (χ0n) is 10.4. The van der Waals surface area contributed by atoms with Crippen molar-refractivity contribution in [2.45, 2.75) is 6.42 Å². The van der Waals surface area contributed by atoms with Crippen molar-refractivity contribution in [3.05, 3.63) is 0 Å². The van der Waals surface area contributed by atoms with E-state index in [2.05, 4.69) is 24.3 Å². The van der Waals surface area contributed by atoms with Crippen LogP contribution in [0.1, 0.15) is 6.42 Å². The van der Waals surface area contributed by atoms with Crippen LogP contribution < -0.4 is 5.32 Å². The van der Waals surface area contributed by atoms with Crippen LogP contribution in [-0.4, -0.2) is 74.0 Å². The Kier molecular flexibility index (Phi) is 6.84. The maximum absolute atomic E-state index is 11.9. The third-order valence-corrected chi connectivity index (χ3v) is 3.52. The zero-order chi connectivity index (χ0) is 11.8. The minimum atomic E-state index is 0.299. The largest absolute Gasteiger partial charge is 0.341 e. The van der Waals surface area contributed by atoms with Gasteiger partial charge in [-0.2, -0.15) is 11.8 Å². The molecule has 1 fully saturated rings. The third kappa shape index (κ3) is 5.72. The Hall–Kier alpha value is -0.260. The Morgan fingerprint density at radius 3 is 2.94 bits per heavy atom. The predicted octanol–water partition coefficient (Wildman–Crippen LogP) is 0.103. The smallest absolute Gasteiger partial charge is 0.232 e. The molecule has 0 atom stereocenters. The van der Waals surface area contributed by atoms with Crippen molar-refractivity contribution >= 4 is 17.7 Å². The number of carbonyl (C=O) groups is 1. The molecule has 16 heavy (non-hydrogen) atoms. The molecule has 0 radical (unpaired) electrons. The van der Waals surface area contributed by atoms with Gasteiger partial charge in [-0.3, -0.25) is 4.79 Å². The molecule has 0 saturated carbocycles. The third-order valence-electron chi connectivity index (χ3n) is 2.60. The lowest BCUT2D eigenvalue weighted by Gasteiger charge is -2.19. The van der Waals surface area contributed by atoms with E-state index < -0.39 is 0 Å². The van der Waals surface area contributed by atoms with Gasteiger partial charge in [0.1, 0.15) is 0 Å². The van der Waals surface area contributed by atoms with Crippen LogP contribution in [0.25, 0.3) is 0 Å². The van der Waals surface area contributed by atoms with Gasteiger partial charge in [0.05, 0.1) is 5.75 Å². The number of thioether (sulfide) groups is 1.